The van der Waals surface area contributed by atoms with E-state index in [2.05, 4.69) is 21.1 Å². The Morgan fingerprint density at radius 3 is 2.35 bits per heavy atom. The normalized spacial score (nSPS) is 11.1. The highest BCUT2D eigenvalue weighted by molar-refractivity contribution is 8.14. The Balaban J connectivity index is 0.00000256. The van der Waals surface area contributed by atoms with Crippen LogP contribution in [0, 0.1) is 13.8 Å². The van der Waals surface area contributed by atoms with Gasteiger partial charge in [-0.25, -0.2) is 0 Å². The van der Waals surface area contributed by atoms with Crippen LogP contribution in [0.2, 0.25) is 0 Å². The van der Waals surface area contributed by atoms with Crippen molar-refractivity contribution in [3.05, 3.63) is 23.2 Å². The van der Waals surface area contributed by atoms with Gasteiger partial charge in [0.1, 0.15) is 11.5 Å². The van der Waals surface area contributed by atoms with Crippen LogP contribution in [0.1, 0.15) is 21.9 Å². The van der Waals surface area contributed by atoms with Crippen LogP contribution >= 0.6 is 11.8 Å². The highest BCUT2D eigenvalue weighted by Gasteiger charge is 2.15. The third-order valence-corrected chi connectivity index (χ3v) is 3.12. The molecule has 5 heteroatoms. The molecular weight excluding hydrogens is 349 g/mol. The second kappa shape index (κ2) is 6.80. The second-order valence-electron chi connectivity index (χ2n) is 4.98. The van der Waals surface area contributed by atoms with E-state index in [9.17, 15) is 4.79 Å². The molecule has 0 spiro atoms. The third kappa shape index (κ3) is 5.92. The SMILES string of the molecule is Cc1cc(C(=O)SCC[N+](C)(C)C)c(C)o1.[I-]. The molecule has 0 radical (unpaired) electrons. The van der Waals surface area contributed by atoms with Crippen molar-refractivity contribution >= 4 is 16.9 Å². The van der Waals surface area contributed by atoms with E-state index in [-0.39, 0.29) is 29.1 Å². The molecule has 1 aromatic rings. The summed E-state index contributed by atoms with van der Waals surface area (Å²) in [5.74, 6) is 2.36. The van der Waals surface area contributed by atoms with Crippen molar-refractivity contribution in [2.75, 3.05) is 33.4 Å². The maximum atomic E-state index is 11.9. The molecule has 1 rings (SSSR count). The molecule has 0 amide bonds. The molecule has 0 atom stereocenters. The van der Waals surface area contributed by atoms with E-state index in [0.29, 0.717) is 5.56 Å². The fourth-order valence-corrected chi connectivity index (χ4v) is 2.51. The number of halogens is 1. The summed E-state index contributed by atoms with van der Waals surface area (Å²) in [7, 11) is 6.37. The largest absolute Gasteiger partial charge is 1.00 e. The molecule has 3 nitrogen and oxygen atoms in total. The predicted molar refractivity (Wildman–Crippen MR) is 67.9 cm³/mol. The summed E-state index contributed by atoms with van der Waals surface area (Å²) in [6.07, 6.45) is 0. The standard InChI is InChI=1S/C12H20NO2S.HI/c1-9-8-11(10(2)15-9)12(14)16-7-6-13(3,4)5;/h8H,6-7H2,1-5H3;1H/q+1;/p-1. The van der Waals surface area contributed by atoms with Gasteiger partial charge in [0.05, 0.1) is 39.0 Å². The zero-order chi connectivity index (χ0) is 12.3. The molecule has 0 aliphatic rings. The highest BCUT2D eigenvalue weighted by atomic mass is 127. The van der Waals surface area contributed by atoms with Crippen LogP contribution < -0.4 is 24.0 Å². The van der Waals surface area contributed by atoms with Crippen LogP contribution in [-0.2, 0) is 0 Å². The Bertz CT molecular complexity index is 382. The maximum absolute atomic E-state index is 11.9. The molecule has 0 fully saturated rings. The van der Waals surface area contributed by atoms with Crippen molar-refractivity contribution in [2.24, 2.45) is 0 Å². The second-order valence-corrected chi connectivity index (χ2v) is 6.04. The lowest BCUT2D eigenvalue weighted by Gasteiger charge is -2.23. The van der Waals surface area contributed by atoms with Crippen LogP contribution in [-0.4, -0.2) is 43.0 Å². The molecule has 0 aliphatic carbocycles. The Labute approximate surface area is 125 Å². The first-order valence-corrected chi connectivity index (χ1v) is 6.33. The molecule has 1 aromatic heterocycles. The van der Waals surface area contributed by atoms with Gasteiger partial charge in [-0.1, -0.05) is 11.8 Å². The number of furan rings is 1. The fourth-order valence-electron chi connectivity index (χ4n) is 1.32. The Hall–Kier alpha value is -0.0100. The fraction of sp³-hybridized carbons (Fsp3) is 0.583. The topological polar surface area (TPSA) is 30.2 Å². The van der Waals surface area contributed by atoms with Gasteiger partial charge >= 0.3 is 0 Å². The quantitative estimate of drug-likeness (QED) is 0.529. The summed E-state index contributed by atoms with van der Waals surface area (Å²) in [5, 5.41) is 0.114. The molecule has 0 aliphatic heterocycles. The van der Waals surface area contributed by atoms with Gasteiger partial charge in [0.2, 0.25) is 5.12 Å². The minimum Gasteiger partial charge on any atom is -1.00 e. The number of hydrogen-bond acceptors (Lipinski definition) is 3. The number of rotatable bonds is 4. The Morgan fingerprint density at radius 2 is 1.94 bits per heavy atom. The average Bonchev–Trinajstić information content (AvgIpc) is 2.43. The molecule has 17 heavy (non-hydrogen) atoms. The predicted octanol–water partition coefficient (Wildman–Crippen LogP) is -0.520. The average molecular weight is 369 g/mol. The van der Waals surface area contributed by atoms with Crippen LogP contribution in [0.15, 0.2) is 10.5 Å². The van der Waals surface area contributed by atoms with Gasteiger partial charge in [0.25, 0.3) is 0 Å². The number of carbonyl (C=O) groups is 1. The Morgan fingerprint density at radius 1 is 1.35 bits per heavy atom. The molecule has 0 unspecified atom stereocenters. The van der Waals surface area contributed by atoms with Crippen LogP contribution in [0.4, 0.5) is 0 Å². The first-order chi connectivity index (χ1) is 7.29. The maximum Gasteiger partial charge on any atom is 0.223 e. The van der Waals surface area contributed by atoms with E-state index in [0.717, 1.165) is 28.3 Å². The smallest absolute Gasteiger partial charge is 0.223 e. The van der Waals surface area contributed by atoms with Crippen LogP contribution in [0.25, 0.3) is 0 Å². The first kappa shape index (κ1) is 17.0. The lowest BCUT2D eigenvalue weighted by atomic mass is 10.3. The van der Waals surface area contributed by atoms with Gasteiger partial charge in [-0.3, -0.25) is 4.79 Å². The summed E-state index contributed by atoms with van der Waals surface area (Å²) >= 11 is 1.37. The van der Waals surface area contributed by atoms with Crippen LogP contribution in [0.5, 0.6) is 0 Å². The molecule has 0 saturated heterocycles. The van der Waals surface area contributed by atoms with Gasteiger partial charge in [0.15, 0.2) is 0 Å². The van der Waals surface area contributed by atoms with E-state index in [1.165, 1.54) is 11.8 Å². The van der Waals surface area contributed by atoms with E-state index in [1.54, 1.807) is 0 Å². The molecule has 0 N–H and O–H groups in total. The van der Waals surface area contributed by atoms with Crippen molar-refractivity contribution < 1.29 is 37.7 Å². The first-order valence-electron chi connectivity index (χ1n) is 5.34. The summed E-state index contributed by atoms with van der Waals surface area (Å²) in [5.41, 5.74) is 0.712. The van der Waals surface area contributed by atoms with Gasteiger partial charge in [-0.05, 0) is 19.9 Å². The van der Waals surface area contributed by atoms with Crippen molar-refractivity contribution in [1.82, 2.24) is 0 Å². The summed E-state index contributed by atoms with van der Waals surface area (Å²) in [4.78, 5) is 11.9. The summed E-state index contributed by atoms with van der Waals surface area (Å²) in [6, 6.07) is 1.82. The lowest BCUT2D eigenvalue weighted by Crippen LogP contribution is -3.00. The molecular formula is C12H20INO2S. The molecule has 0 bridgehead atoms. The van der Waals surface area contributed by atoms with E-state index < -0.39 is 0 Å². The number of thioether (sulfide) groups is 1. The number of nitrogens with zero attached hydrogens (tertiary/aromatic N) is 1. The van der Waals surface area contributed by atoms with Gasteiger partial charge in [0, 0.05) is 0 Å². The lowest BCUT2D eigenvalue weighted by molar-refractivity contribution is -0.867. The molecule has 1 heterocycles. The van der Waals surface area contributed by atoms with Crippen molar-refractivity contribution in [2.45, 2.75) is 13.8 Å². The van der Waals surface area contributed by atoms with Gasteiger partial charge < -0.3 is 32.9 Å². The van der Waals surface area contributed by atoms with Crippen molar-refractivity contribution in [3.63, 3.8) is 0 Å². The summed E-state index contributed by atoms with van der Waals surface area (Å²) < 4.78 is 6.22. The molecule has 0 saturated carbocycles. The molecule has 98 valence electrons. The number of quaternary nitrogens is 1. The minimum atomic E-state index is 0. The minimum absolute atomic E-state index is 0. The number of aryl methyl sites for hydroxylation is 2. The number of carbonyl (C=O) groups excluding carboxylic acids is 1. The Kier molecular flexibility index (Phi) is 6.79. The van der Waals surface area contributed by atoms with E-state index >= 15 is 0 Å². The summed E-state index contributed by atoms with van der Waals surface area (Å²) in [6.45, 7) is 4.67. The van der Waals surface area contributed by atoms with Crippen molar-refractivity contribution in [3.8, 4) is 0 Å². The highest BCUT2D eigenvalue weighted by Crippen LogP contribution is 2.20. The zero-order valence-electron chi connectivity index (χ0n) is 11.0. The van der Waals surface area contributed by atoms with E-state index in [4.69, 9.17) is 4.42 Å². The molecule has 0 aromatic carbocycles. The van der Waals surface area contributed by atoms with E-state index in [1.807, 2.05) is 19.9 Å². The van der Waals surface area contributed by atoms with Crippen LogP contribution in [0.3, 0.4) is 0 Å². The zero-order valence-corrected chi connectivity index (χ0v) is 14.0. The van der Waals surface area contributed by atoms with Gasteiger partial charge in [-0.15, -0.1) is 0 Å². The number of hydrogen-bond donors (Lipinski definition) is 0. The van der Waals surface area contributed by atoms with Gasteiger partial charge in [-0.2, -0.15) is 0 Å². The third-order valence-electron chi connectivity index (χ3n) is 2.26. The monoisotopic (exact) mass is 369 g/mol. The van der Waals surface area contributed by atoms with Crippen molar-refractivity contribution in [1.29, 1.82) is 0 Å².